The van der Waals surface area contributed by atoms with Crippen LogP contribution in [-0.2, 0) is 11.8 Å². The maximum atomic E-state index is 11.4. The summed E-state index contributed by atoms with van der Waals surface area (Å²) in [4.78, 5) is 18.1. The Bertz CT molecular complexity index is 681. The summed E-state index contributed by atoms with van der Waals surface area (Å²) in [5.41, 5.74) is 2.70. The first-order valence-electron chi connectivity index (χ1n) is 7.59. The first-order chi connectivity index (χ1) is 11.0. The van der Waals surface area contributed by atoms with Crippen molar-refractivity contribution in [1.82, 2.24) is 9.55 Å². The van der Waals surface area contributed by atoms with Gasteiger partial charge < -0.3 is 14.6 Å². The average Bonchev–Trinajstić information content (AvgIpc) is 2.84. The van der Waals surface area contributed by atoms with Crippen molar-refractivity contribution in [1.29, 1.82) is 0 Å². The molecule has 1 aromatic heterocycles. The molecular formula is C16H21Cl2N3O2. The van der Waals surface area contributed by atoms with E-state index in [0.717, 1.165) is 16.7 Å². The molecular weight excluding hydrogens is 337 g/mol. The van der Waals surface area contributed by atoms with Gasteiger partial charge in [0.15, 0.2) is 0 Å². The Morgan fingerprint density at radius 2 is 2.00 bits per heavy atom. The SMILES string of the molecule is CCC(C(=O)O)c1nc2cc(N(CCCl)CCCl)ccc2n1C. The van der Waals surface area contributed by atoms with E-state index in [1.165, 1.54) is 0 Å². The summed E-state index contributed by atoms with van der Waals surface area (Å²) >= 11 is 11.7. The highest BCUT2D eigenvalue weighted by Gasteiger charge is 2.23. The first-order valence-corrected chi connectivity index (χ1v) is 8.66. The average molecular weight is 358 g/mol. The van der Waals surface area contributed by atoms with Gasteiger partial charge in [-0.15, -0.1) is 23.2 Å². The number of fused-ring (bicyclic) bond motifs is 1. The third-order valence-corrected chi connectivity index (χ3v) is 4.33. The molecule has 126 valence electrons. The lowest BCUT2D eigenvalue weighted by Crippen LogP contribution is -2.27. The van der Waals surface area contributed by atoms with Crippen molar-refractivity contribution in [2.75, 3.05) is 29.7 Å². The van der Waals surface area contributed by atoms with Gasteiger partial charge in [-0.05, 0) is 24.6 Å². The molecule has 23 heavy (non-hydrogen) atoms. The van der Waals surface area contributed by atoms with Crippen LogP contribution >= 0.6 is 23.2 Å². The topological polar surface area (TPSA) is 58.4 Å². The summed E-state index contributed by atoms with van der Waals surface area (Å²) in [6.07, 6.45) is 0.504. The molecule has 0 spiro atoms. The summed E-state index contributed by atoms with van der Waals surface area (Å²) in [5, 5.41) is 9.37. The Morgan fingerprint density at radius 1 is 1.35 bits per heavy atom. The number of aryl methyl sites for hydroxylation is 1. The number of halogens is 2. The Hall–Kier alpha value is -1.46. The molecule has 0 aliphatic rings. The van der Waals surface area contributed by atoms with Crippen LogP contribution in [0.2, 0.25) is 0 Å². The van der Waals surface area contributed by atoms with Gasteiger partial charge in [0.1, 0.15) is 11.7 Å². The van der Waals surface area contributed by atoms with Crippen LogP contribution in [-0.4, -0.2) is 45.5 Å². The molecule has 0 saturated carbocycles. The van der Waals surface area contributed by atoms with E-state index in [2.05, 4.69) is 9.88 Å². The zero-order valence-corrected chi connectivity index (χ0v) is 14.8. The fraction of sp³-hybridized carbons (Fsp3) is 0.500. The highest BCUT2D eigenvalue weighted by atomic mass is 35.5. The highest BCUT2D eigenvalue weighted by Crippen LogP contribution is 2.27. The molecule has 1 unspecified atom stereocenters. The van der Waals surface area contributed by atoms with Gasteiger partial charge in [0.05, 0.1) is 11.0 Å². The number of aliphatic carboxylic acids is 1. The van der Waals surface area contributed by atoms with E-state index >= 15 is 0 Å². The van der Waals surface area contributed by atoms with E-state index < -0.39 is 11.9 Å². The lowest BCUT2D eigenvalue weighted by molar-refractivity contribution is -0.139. The van der Waals surface area contributed by atoms with E-state index in [1.807, 2.05) is 36.7 Å². The van der Waals surface area contributed by atoms with Gasteiger partial charge >= 0.3 is 5.97 Å². The molecule has 0 aliphatic heterocycles. The third kappa shape index (κ3) is 3.72. The van der Waals surface area contributed by atoms with Crippen LogP contribution in [0.4, 0.5) is 5.69 Å². The predicted octanol–water partition coefficient (Wildman–Crippen LogP) is 3.44. The molecule has 0 aliphatic carbocycles. The second-order valence-electron chi connectivity index (χ2n) is 5.37. The summed E-state index contributed by atoms with van der Waals surface area (Å²) in [6.45, 7) is 3.25. The molecule has 5 nitrogen and oxygen atoms in total. The number of carboxylic acid groups (broad SMARTS) is 1. The zero-order valence-electron chi connectivity index (χ0n) is 13.3. The lowest BCUT2D eigenvalue weighted by atomic mass is 10.1. The van der Waals surface area contributed by atoms with Crippen LogP contribution in [0.3, 0.4) is 0 Å². The molecule has 1 N–H and O–H groups in total. The molecule has 1 atom stereocenters. The number of rotatable bonds is 8. The maximum Gasteiger partial charge on any atom is 0.314 e. The second-order valence-corrected chi connectivity index (χ2v) is 6.12. The smallest absolute Gasteiger partial charge is 0.314 e. The number of anilines is 1. The number of carbonyl (C=O) groups is 1. The minimum atomic E-state index is -0.850. The van der Waals surface area contributed by atoms with Gasteiger partial charge in [-0.25, -0.2) is 4.98 Å². The number of carboxylic acids is 1. The number of aromatic nitrogens is 2. The summed E-state index contributed by atoms with van der Waals surface area (Å²) in [5.74, 6) is 0.154. The first kappa shape index (κ1) is 17.9. The van der Waals surface area contributed by atoms with E-state index in [-0.39, 0.29) is 0 Å². The predicted molar refractivity (Wildman–Crippen MR) is 95.0 cm³/mol. The molecule has 1 aromatic carbocycles. The van der Waals surface area contributed by atoms with Gasteiger partial charge in [0.25, 0.3) is 0 Å². The van der Waals surface area contributed by atoms with Crippen molar-refractivity contribution in [3.8, 4) is 0 Å². The molecule has 0 saturated heterocycles. The second kappa shape index (κ2) is 7.88. The fourth-order valence-electron chi connectivity index (χ4n) is 2.76. The van der Waals surface area contributed by atoms with Crippen molar-refractivity contribution in [2.24, 2.45) is 7.05 Å². The highest BCUT2D eigenvalue weighted by molar-refractivity contribution is 6.18. The standard InChI is InChI=1S/C16H21Cl2N3O2/c1-3-12(16(22)23)15-19-13-10-11(4-5-14(13)20(15)2)21(8-6-17)9-7-18/h4-5,10,12H,3,6-9H2,1-2H3,(H,22,23). The van der Waals surface area contributed by atoms with Crippen molar-refractivity contribution in [2.45, 2.75) is 19.3 Å². The number of hydrogen-bond donors (Lipinski definition) is 1. The number of nitrogens with zero attached hydrogens (tertiary/aromatic N) is 3. The van der Waals surface area contributed by atoms with Gasteiger partial charge in [0.2, 0.25) is 0 Å². The molecule has 1 heterocycles. The summed E-state index contributed by atoms with van der Waals surface area (Å²) in [6, 6.07) is 5.92. The molecule has 0 bridgehead atoms. The number of hydrogen-bond acceptors (Lipinski definition) is 3. The van der Waals surface area contributed by atoms with E-state index in [9.17, 15) is 9.90 Å². The minimum Gasteiger partial charge on any atom is -0.481 e. The van der Waals surface area contributed by atoms with Crippen molar-refractivity contribution in [3.63, 3.8) is 0 Å². The summed E-state index contributed by atoms with van der Waals surface area (Å²) in [7, 11) is 1.85. The van der Waals surface area contributed by atoms with Crippen LogP contribution in [0.5, 0.6) is 0 Å². The Morgan fingerprint density at radius 3 is 2.52 bits per heavy atom. The van der Waals surface area contributed by atoms with E-state index in [1.54, 1.807) is 0 Å². The zero-order chi connectivity index (χ0) is 17.0. The van der Waals surface area contributed by atoms with Crippen LogP contribution in [0.25, 0.3) is 11.0 Å². The quantitative estimate of drug-likeness (QED) is 0.735. The van der Waals surface area contributed by atoms with Gasteiger partial charge in [-0.2, -0.15) is 0 Å². The molecule has 2 rings (SSSR count). The van der Waals surface area contributed by atoms with E-state index in [4.69, 9.17) is 23.2 Å². The largest absolute Gasteiger partial charge is 0.481 e. The Balaban J connectivity index is 2.46. The molecule has 7 heteroatoms. The Kier molecular flexibility index (Phi) is 6.13. The monoisotopic (exact) mass is 357 g/mol. The fourth-order valence-corrected chi connectivity index (χ4v) is 3.16. The number of benzene rings is 1. The molecule has 0 amide bonds. The molecule has 0 radical (unpaired) electrons. The number of imidazole rings is 1. The van der Waals surface area contributed by atoms with Gasteiger partial charge in [0, 0.05) is 37.6 Å². The Labute approximate surface area is 145 Å². The third-order valence-electron chi connectivity index (χ3n) is 3.99. The van der Waals surface area contributed by atoms with E-state index in [0.29, 0.717) is 37.1 Å². The number of alkyl halides is 2. The van der Waals surface area contributed by atoms with Crippen LogP contribution in [0.15, 0.2) is 18.2 Å². The van der Waals surface area contributed by atoms with Crippen molar-refractivity contribution in [3.05, 3.63) is 24.0 Å². The van der Waals surface area contributed by atoms with Gasteiger partial charge in [-0.3, -0.25) is 4.79 Å². The normalized spacial score (nSPS) is 12.5. The minimum absolute atomic E-state index is 0.504. The summed E-state index contributed by atoms with van der Waals surface area (Å²) < 4.78 is 1.86. The maximum absolute atomic E-state index is 11.4. The molecule has 0 fully saturated rings. The van der Waals surface area contributed by atoms with Crippen LogP contribution < -0.4 is 4.90 Å². The van der Waals surface area contributed by atoms with Crippen LogP contribution in [0, 0.1) is 0 Å². The molecule has 2 aromatic rings. The van der Waals surface area contributed by atoms with Crippen molar-refractivity contribution < 1.29 is 9.90 Å². The lowest BCUT2D eigenvalue weighted by Gasteiger charge is -2.22. The van der Waals surface area contributed by atoms with Crippen molar-refractivity contribution >= 4 is 45.9 Å². The van der Waals surface area contributed by atoms with Crippen LogP contribution in [0.1, 0.15) is 25.1 Å². The van der Waals surface area contributed by atoms with Gasteiger partial charge in [-0.1, -0.05) is 6.92 Å².